The van der Waals surface area contributed by atoms with Crippen molar-refractivity contribution in [3.63, 3.8) is 0 Å². The molecule has 0 radical (unpaired) electrons. The number of imide groups is 2. The first-order valence-electron chi connectivity index (χ1n) is 12.1. The average Bonchev–Trinajstić information content (AvgIpc) is 2.92. The summed E-state index contributed by atoms with van der Waals surface area (Å²) in [4.78, 5) is 39.3. The van der Waals surface area contributed by atoms with Gasteiger partial charge in [-0.15, -0.1) is 0 Å². The minimum Gasteiger partial charge on any atom is -0.490 e. The Bertz CT molecular complexity index is 1630. The summed E-state index contributed by atoms with van der Waals surface area (Å²) in [5, 5.41) is 4.92. The molecule has 4 aromatic rings. The minimum absolute atomic E-state index is 0.188. The number of amides is 4. The molecule has 0 aromatic heterocycles. The van der Waals surface area contributed by atoms with Crippen molar-refractivity contribution in [2.45, 2.75) is 13.5 Å². The van der Waals surface area contributed by atoms with E-state index in [1.165, 1.54) is 18.2 Å². The Balaban J connectivity index is 1.46. The first-order valence-corrected chi connectivity index (χ1v) is 13.5. The van der Waals surface area contributed by atoms with Crippen molar-refractivity contribution in [2.24, 2.45) is 0 Å². The Kier molecular flexibility index (Phi) is 7.85. The SMILES string of the molecule is CCOc1cc(/C=C2\C(=O)NC(=O)N(c3ccc(Cl)cc3)C2=O)cc(I)c1OCc1cccc2ccccc12. The molecule has 1 aliphatic rings. The molecule has 196 valence electrons. The second kappa shape index (κ2) is 11.5. The molecule has 9 heteroatoms. The number of hydrogen-bond acceptors (Lipinski definition) is 5. The van der Waals surface area contributed by atoms with Crippen LogP contribution >= 0.6 is 34.2 Å². The third kappa shape index (κ3) is 5.62. The van der Waals surface area contributed by atoms with Gasteiger partial charge in [0.2, 0.25) is 0 Å². The van der Waals surface area contributed by atoms with Crippen LogP contribution in [0.4, 0.5) is 10.5 Å². The molecule has 1 heterocycles. The van der Waals surface area contributed by atoms with Gasteiger partial charge in [-0.25, -0.2) is 9.69 Å². The molecule has 0 bridgehead atoms. The number of fused-ring (bicyclic) bond motifs is 1. The molecule has 4 aromatic carbocycles. The molecule has 4 amide bonds. The predicted molar refractivity (Wildman–Crippen MR) is 159 cm³/mol. The fourth-order valence-electron chi connectivity index (χ4n) is 4.29. The van der Waals surface area contributed by atoms with Crippen molar-refractivity contribution in [3.8, 4) is 11.5 Å². The summed E-state index contributed by atoms with van der Waals surface area (Å²) in [7, 11) is 0. The summed E-state index contributed by atoms with van der Waals surface area (Å²) in [5.74, 6) is -0.481. The number of ether oxygens (including phenoxy) is 2. The van der Waals surface area contributed by atoms with Crippen molar-refractivity contribution in [1.82, 2.24) is 5.32 Å². The summed E-state index contributed by atoms with van der Waals surface area (Å²) < 4.78 is 12.8. The normalized spacial score (nSPS) is 14.6. The van der Waals surface area contributed by atoms with E-state index in [1.54, 1.807) is 24.3 Å². The highest BCUT2D eigenvalue weighted by molar-refractivity contribution is 14.1. The first kappa shape index (κ1) is 26.7. The molecule has 1 fully saturated rings. The molecule has 0 saturated carbocycles. The van der Waals surface area contributed by atoms with Crippen molar-refractivity contribution in [2.75, 3.05) is 11.5 Å². The van der Waals surface area contributed by atoms with Crippen molar-refractivity contribution in [1.29, 1.82) is 0 Å². The summed E-state index contributed by atoms with van der Waals surface area (Å²) in [5.41, 5.74) is 1.69. The number of hydrogen-bond donors (Lipinski definition) is 1. The van der Waals surface area contributed by atoms with Gasteiger partial charge in [0.25, 0.3) is 11.8 Å². The van der Waals surface area contributed by atoms with E-state index in [2.05, 4.69) is 46.1 Å². The van der Waals surface area contributed by atoms with Crippen molar-refractivity contribution in [3.05, 3.63) is 104 Å². The lowest BCUT2D eigenvalue weighted by Crippen LogP contribution is -2.54. The Labute approximate surface area is 243 Å². The van der Waals surface area contributed by atoms with E-state index in [0.717, 1.165) is 24.8 Å². The summed E-state index contributed by atoms with van der Waals surface area (Å²) in [6, 6.07) is 23.0. The van der Waals surface area contributed by atoms with Crippen LogP contribution < -0.4 is 19.7 Å². The molecule has 1 aliphatic heterocycles. The van der Waals surface area contributed by atoms with Crippen LogP contribution in [0.15, 0.2) is 84.4 Å². The summed E-state index contributed by atoms with van der Waals surface area (Å²) >= 11 is 8.08. The molecule has 39 heavy (non-hydrogen) atoms. The molecule has 0 unspecified atom stereocenters. The standard InChI is InChI=1S/C30H22ClIN2O5/c1-2-38-26-16-18(14-24-28(35)33-30(37)34(29(24)36)22-12-10-21(31)11-13-22)15-25(32)27(26)39-17-20-8-5-7-19-6-3-4-9-23(19)20/h3-16H,2,17H2,1H3,(H,33,35,37)/b24-14+. The second-order valence-electron chi connectivity index (χ2n) is 8.62. The Hall–Kier alpha value is -3.89. The molecule has 0 aliphatic carbocycles. The number of nitrogens with one attached hydrogen (secondary N) is 1. The zero-order valence-corrected chi connectivity index (χ0v) is 23.7. The zero-order chi connectivity index (χ0) is 27.5. The Morgan fingerprint density at radius 2 is 1.69 bits per heavy atom. The van der Waals surface area contributed by atoms with Crippen molar-refractivity contribution < 1.29 is 23.9 Å². The number of halogens is 2. The number of carbonyl (C=O) groups excluding carboxylic acids is 3. The maximum atomic E-state index is 13.3. The zero-order valence-electron chi connectivity index (χ0n) is 20.7. The van der Waals surface area contributed by atoms with E-state index in [0.29, 0.717) is 41.0 Å². The quantitative estimate of drug-likeness (QED) is 0.136. The summed E-state index contributed by atoms with van der Waals surface area (Å²) in [6.45, 7) is 2.58. The van der Waals surface area contributed by atoms with E-state index in [4.69, 9.17) is 21.1 Å². The van der Waals surface area contributed by atoms with Crippen LogP contribution in [0.1, 0.15) is 18.1 Å². The van der Waals surface area contributed by atoms with Gasteiger partial charge in [0, 0.05) is 5.02 Å². The molecule has 1 N–H and O–H groups in total. The second-order valence-corrected chi connectivity index (χ2v) is 10.2. The van der Waals surface area contributed by atoms with Gasteiger partial charge in [-0.3, -0.25) is 14.9 Å². The Morgan fingerprint density at radius 1 is 0.949 bits per heavy atom. The predicted octanol–water partition coefficient (Wildman–Crippen LogP) is 6.74. The van der Waals surface area contributed by atoms with Gasteiger partial charge in [0.1, 0.15) is 12.2 Å². The van der Waals surface area contributed by atoms with Crippen LogP contribution in [0, 0.1) is 3.57 Å². The van der Waals surface area contributed by atoms with E-state index in [1.807, 2.05) is 31.2 Å². The minimum atomic E-state index is -0.828. The number of barbiturate groups is 1. The van der Waals surface area contributed by atoms with Crippen LogP contribution in [0.25, 0.3) is 16.8 Å². The fraction of sp³-hybridized carbons (Fsp3) is 0.100. The lowest BCUT2D eigenvalue weighted by atomic mass is 10.1. The highest BCUT2D eigenvalue weighted by atomic mass is 127. The lowest BCUT2D eigenvalue weighted by molar-refractivity contribution is -0.122. The number of urea groups is 1. The van der Waals surface area contributed by atoms with Crippen LogP contribution in [-0.2, 0) is 16.2 Å². The molecular weight excluding hydrogens is 631 g/mol. The maximum absolute atomic E-state index is 13.3. The number of anilines is 1. The molecule has 1 saturated heterocycles. The van der Waals surface area contributed by atoms with Gasteiger partial charge in [0.15, 0.2) is 11.5 Å². The third-order valence-electron chi connectivity index (χ3n) is 6.08. The van der Waals surface area contributed by atoms with Gasteiger partial charge >= 0.3 is 6.03 Å². The number of benzene rings is 4. The van der Waals surface area contributed by atoms with Crippen LogP contribution in [0.3, 0.4) is 0 Å². The largest absolute Gasteiger partial charge is 0.490 e. The third-order valence-corrected chi connectivity index (χ3v) is 7.13. The van der Waals surface area contributed by atoms with Gasteiger partial charge in [-0.1, -0.05) is 54.1 Å². The van der Waals surface area contributed by atoms with Gasteiger partial charge in [-0.05, 0) is 93.9 Å². The Morgan fingerprint density at radius 3 is 2.46 bits per heavy atom. The van der Waals surface area contributed by atoms with E-state index in [-0.39, 0.29) is 5.57 Å². The molecule has 0 spiro atoms. The van der Waals surface area contributed by atoms with E-state index in [9.17, 15) is 14.4 Å². The monoisotopic (exact) mass is 652 g/mol. The fourth-order valence-corrected chi connectivity index (χ4v) is 5.20. The van der Waals surface area contributed by atoms with Gasteiger partial charge in [0.05, 0.1) is 15.9 Å². The number of rotatable bonds is 7. The van der Waals surface area contributed by atoms with Crippen LogP contribution in [-0.4, -0.2) is 24.5 Å². The topological polar surface area (TPSA) is 84.9 Å². The molecular formula is C30H22ClIN2O5. The molecule has 0 atom stereocenters. The van der Waals surface area contributed by atoms with Crippen LogP contribution in [0.2, 0.25) is 5.02 Å². The molecule has 7 nitrogen and oxygen atoms in total. The molecule has 5 rings (SSSR count). The average molecular weight is 653 g/mol. The number of carbonyl (C=O) groups is 3. The van der Waals surface area contributed by atoms with E-state index < -0.39 is 17.8 Å². The van der Waals surface area contributed by atoms with Crippen LogP contribution in [0.5, 0.6) is 11.5 Å². The van der Waals surface area contributed by atoms with Gasteiger partial charge < -0.3 is 9.47 Å². The smallest absolute Gasteiger partial charge is 0.335 e. The highest BCUT2D eigenvalue weighted by Crippen LogP contribution is 2.36. The first-order chi connectivity index (χ1) is 18.9. The summed E-state index contributed by atoms with van der Waals surface area (Å²) in [6.07, 6.45) is 1.44. The van der Waals surface area contributed by atoms with Gasteiger partial charge in [-0.2, -0.15) is 0 Å². The lowest BCUT2D eigenvalue weighted by Gasteiger charge is -2.26. The number of nitrogens with zero attached hydrogens (tertiary/aromatic N) is 1. The highest BCUT2D eigenvalue weighted by Gasteiger charge is 2.36. The maximum Gasteiger partial charge on any atom is 0.335 e. The van der Waals surface area contributed by atoms with Crippen molar-refractivity contribution >= 4 is 74.6 Å². The van der Waals surface area contributed by atoms with E-state index >= 15 is 0 Å².